The van der Waals surface area contributed by atoms with E-state index in [0.717, 1.165) is 12.5 Å². The van der Waals surface area contributed by atoms with Crippen molar-refractivity contribution >= 4 is 0 Å². The quantitative estimate of drug-likeness (QED) is 0.446. The van der Waals surface area contributed by atoms with Crippen LogP contribution in [0.15, 0.2) is 18.2 Å². The fraction of sp³-hybridized carbons (Fsp3) is 0.455. The summed E-state index contributed by atoms with van der Waals surface area (Å²) in [7, 11) is 1.60. The van der Waals surface area contributed by atoms with Gasteiger partial charge in [0, 0.05) is 31.4 Å². The zero-order chi connectivity index (χ0) is 12.0. The molecule has 0 saturated heterocycles. The first-order chi connectivity index (χ1) is 7.69. The predicted octanol–water partition coefficient (Wildman–Crippen LogP) is 1.90. The van der Waals surface area contributed by atoms with Gasteiger partial charge in [0.2, 0.25) is 0 Å². The molecule has 0 fully saturated rings. The number of hydrogen-bond donors (Lipinski definition) is 2. The molecule has 5 heteroatoms. The first-order valence-electron chi connectivity index (χ1n) is 5.09. The maximum atomic E-state index is 13.4. The van der Waals surface area contributed by atoms with Crippen LogP contribution in [0.1, 0.15) is 24.4 Å². The van der Waals surface area contributed by atoms with Crippen molar-refractivity contribution in [1.29, 1.82) is 0 Å². The van der Waals surface area contributed by atoms with E-state index in [1.54, 1.807) is 7.11 Å². The van der Waals surface area contributed by atoms with Crippen molar-refractivity contribution in [3.63, 3.8) is 0 Å². The second-order valence-electron chi connectivity index (χ2n) is 3.52. The predicted molar refractivity (Wildman–Crippen MR) is 57.5 cm³/mol. The van der Waals surface area contributed by atoms with Gasteiger partial charge in [0.05, 0.1) is 0 Å². The van der Waals surface area contributed by atoms with Crippen LogP contribution in [-0.4, -0.2) is 13.7 Å². The number of rotatable bonds is 6. The number of benzene rings is 1. The van der Waals surface area contributed by atoms with Gasteiger partial charge in [-0.3, -0.25) is 11.3 Å². The minimum Gasteiger partial charge on any atom is -0.385 e. The average molecular weight is 230 g/mol. The first kappa shape index (κ1) is 13.0. The highest BCUT2D eigenvalue weighted by molar-refractivity contribution is 5.21. The first-order valence-corrected chi connectivity index (χ1v) is 5.09. The van der Waals surface area contributed by atoms with Crippen molar-refractivity contribution in [2.75, 3.05) is 13.7 Å². The zero-order valence-corrected chi connectivity index (χ0v) is 9.17. The number of methoxy groups -OCH3 is 1. The molecule has 0 saturated carbocycles. The lowest BCUT2D eigenvalue weighted by Crippen LogP contribution is -2.29. The molecule has 0 aliphatic carbocycles. The number of halogens is 2. The molecule has 0 heterocycles. The third kappa shape index (κ3) is 3.52. The van der Waals surface area contributed by atoms with Crippen molar-refractivity contribution in [3.05, 3.63) is 35.4 Å². The fourth-order valence-corrected chi connectivity index (χ4v) is 1.54. The van der Waals surface area contributed by atoms with E-state index in [-0.39, 0.29) is 6.04 Å². The molecule has 1 unspecified atom stereocenters. The SMILES string of the molecule is COCCCC(NN)c1ccc(F)cc1F. The molecule has 1 rings (SSSR count). The Balaban J connectivity index is 2.70. The monoisotopic (exact) mass is 230 g/mol. The van der Waals surface area contributed by atoms with Crippen LogP contribution in [0, 0.1) is 11.6 Å². The maximum Gasteiger partial charge on any atom is 0.130 e. The van der Waals surface area contributed by atoms with E-state index in [2.05, 4.69) is 5.43 Å². The number of nitrogens with two attached hydrogens (primary N) is 1. The number of ether oxygens (including phenoxy) is 1. The minimum atomic E-state index is -0.589. The van der Waals surface area contributed by atoms with Crippen LogP contribution in [-0.2, 0) is 4.74 Å². The standard InChI is InChI=1S/C11H16F2N2O/c1-16-6-2-3-11(15-14)9-5-4-8(12)7-10(9)13/h4-5,7,11,15H,2-3,6,14H2,1H3. The normalized spacial score (nSPS) is 12.8. The van der Waals surface area contributed by atoms with Crippen LogP contribution in [0.4, 0.5) is 8.78 Å². The highest BCUT2D eigenvalue weighted by Gasteiger charge is 2.14. The van der Waals surface area contributed by atoms with Crippen LogP contribution < -0.4 is 11.3 Å². The van der Waals surface area contributed by atoms with Crippen molar-refractivity contribution in [1.82, 2.24) is 5.43 Å². The Labute approximate surface area is 93.6 Å². The van der Waals surface area contributed by atoms with Crippen LogP contribution in [0.25, 0.3) is 0 Å². The topological polar surface area (TPSA) is 47.3 Å². The molecule has 0 aromatic heterocycles. The lowest BCUT2D eigenvalue weighted by Gasteiger charge is -2.16. The summed E-state index contributed by atoms with van der Waals surface area (Å²) in [6.45, 7) is 0.584. The molecule has 0 radical (unpaired) electrons. The fourth-order valence-electron chi connectivity index (χ4n) is 1.54. The summed E-state index contributed by atoms with van der Waals surface area (Å²) in [6, 6.07) is 3.16. The zero-order valence-electron chi connectivity index (χ0n) is 9.17. The summed E-state index contributed by atoms with van der Waals surface area (Å²) in [5.41, 5.74) is 2.89. The molecular formula is C11H16F2N2O. The molecule has 0 spiro atoms. The molecule has 1 aromatic carbocycles. The van der Waals surface area contributed by atoms with Crippen molar-refractivity contribution in [3.8, 4) is 0 Å². The van der Waals surface area contributed by atoms with Gasteiger partial charge in [0.25, 0.3) is 0 Å². The lowest BCUT2D eigenvalue weighted by molar-refractivity contribution is 0.188. The molecule has 16 heavy (non-hydrogen) atoms. The van der Waals surface area contributed by atoms with Crippen LogP contribution in [0.3, 0.4) is 0 Å². The molecule has 0 aliphatic heterocycles. The molecule has 0 amide bonds. The molecule has 0 bridgehead atoms. The van der Waals surface area contributed by atoms with Gasteiger partial charge in [-0.25, -0.2) is 8.78 Å². The Morgan fingerprint density at radius 2 is 2.19 bits per heavy atom. The van der Waals surface area contributed by atoms with E-state index in [9.17, 15) is 8.78 Å². The van der Waals surface area contributed by atoms with Crippen LogP contribution in [0.5, 0.6) is 0 Å². The van der Waals surface area contributed by atoms with E-state index >= 15 is 0 Å². The Bertz CT molecular complexity index is 334. The van der Waals surface area contributed by atoms with E-state index in [1.807, 2.05) is 0 Å². The molecular weight excluding hydrogens is 214 g/mol. The van der Waals surface area contributed by atoms with Crippen LogP contribution in [0.2, 0.25) is 0 Å². The molecule has 90 valence electrons. The van der Waals surface area contributed by atoms with Crippen molar-refractivity contribution < 1.29 is 13.5 Å². The average Bonchev–Trinajstić information content (AvgIpc) is 2.26. The molecule has 3 N–H and O–H groups in total. The number of hydrogen-bond acceptors (Lipinski definition) is 3. The van der Waals surface area contributed by atoms with Gasteiger partial charge in [-0.1, -0.05) is 6.07 Å². The van der Waals surface area contributed by atoms with Gasteiger partial charge in [-0.2, -0.15) is 0 Å². The number of hydrazine groups is 1. The van der Waals surface area contributed by atoms with Crippen molar-refractivity contribution in [2.24, 2.45) is 5.84 Å². The second-order valence-corrected chi connectivity index (χ2v) is 3.52. The van der Waals surface area contributed by atoms with Gasteiger partial charge >= 0.3 is 0 Å². The Hall–Kier alpha value is -1.04. The highest BCUT2D eigenvalue weighted by atomic mass is 19.1. The summed E-state index contributed by atoms with van der Waals surface area (Å²) in [6.07, 6.45) is 1.38. The third-order valence-electron chi connectivity index (χ3n) is 2.38. The van der Waals surface area contributed by atoms with E-state index in [0.29, 0.717) is 18.6 Å². The largest absolute Gasteiger partial charge is 0.385 e. The second kappa shape index (κ2) is 6.52. The molecule has 0 aliphatic rings. The molecule has 1 atom stereocenters. The smallest absolute Gasteiger partial charge is 0.130 e. The minimum absolute atomic E-state index is 0.323. The van der Waals surface area contributed by atoms with E-state index < -0.39 is 11.6 Å². The summed E-state index contributed by atoms with van der Waals surface area (Å²) >= 11 is 0. The van der Waals surface area contributed by atoms with Gasteiger partial charge in [0.1, 0.15) is 11.6 Å². The highest BCUT2D eigenvalue weighted by Crippen LogP contribution is 2.21. The van der Waals surface area contributed by atoms with E-state index in [4.69, 9.17) is 10.6 Å². The molecule has 3 nitrogen and oxygen atoms in total. The summed E-state index contributed by atoms with van der Waals surface area (Å²) in [5, 5.41) is 0. The number of nitrogens with one attached hydrogen (secondary N) is 1. The van der Waals surface area contributed by atoms with Crippen LogP contribution >= 0.6 is 0 Å². The van der Waals surface area contributed by atoms with Gasteiger partial charge in [-0.15, -0.1) is 0 Å². The Morgan fingerprint density at radius 1 is 1.44 bits per heavy atom. The van der Waals surface area contributed by atoms with E-state index in [1.165, 1.54) is 12.1 Å². The van der Waals surface area contributed by atoms with Crippen molar-refractivity contribution in [2.45, 2.75) is 18.9 Å². The van der Waals surface area contributed by atoms with Gasteiger partial charge in [0.15, 0.2) is 0 Å². The Morgan fingerprint density at radius 3 is 2.75 bits per heavy atom. The Kier molecular flexibility index (Phi) is 5.31. The maximum absolute atomic E-state index is 13.4. The molecule has 1 aromatic rings. The third-order valence-corrected chi connectivity index (χ3v) is 2.38. The summed E-state index contributed by atoms with van der Waals surface area (Å²) in [5.74, 6) is 4.17. The van der Waals surface area contributed by atoms with Gasteiger partial charge < -0.3 is 4.74 Å². The van der Waals surface area contributed by atoms with Gasteiger partial charge in [-0.05, 0) is 18.9 Å². The summed E-state index contributed by atoms with van der Waals surface area (Å²) < 4.78 is 31.0. The lowest BCUT2D eigenvalue weighted by atomic mass is 10.0. The summed E-state index contributed by atoms with van der Waals surface area (Å²) in [4.78, 5) is 0.